The van der Waals surface area contributed by atoms with Crippen molar-refractivity contribution in [3.63, 3.8) is 0 Å². The summed E-state index contributed by atoms with van der Waals surface area (Å²) >= 11 is 30.9. The molecule has 0 aliphatic carbocycles. The largest absolute Gasteiger partial charge is 0.275 e. The molecule has 0 bridgehead atoms. The van der Waals surface area contributed by atoms with Gasteiger partial charge in [-0.25, -0.2) is 0 Å². The van der Waals surface area contributed by atoms with Gasteiger partial charge in [-0.2, -0.15) is 5.10 Å². The van der Waals surface area contributed by atoms with Crippen LogP contribution in [0.5, 0.6) is 0 Å². The van der Waals surface area contributed by atoms with Crippen molar-refractivity contribution in [2.45, 2.75) is 0 Å². The molecule has 1 aromatic carbocycles. The van der Waals surface area contributed by atoms with Gasteiger partial charge in [-0.15, -0.1) is 11.3 Å². The minimum absolute atomic E-state index is 0.379. The maximum Gasteiger partial charge on any atom is 0.103 e. The first-order valence-corrected chi connectivity index (χ1v) is 7.56. The smallest absolute Gasteiger partial charge is 0.103 e. The molecule has 8 heteroatoms. The summed E-state index contributed by atoms with van der Waals surface area (Å²) in [6.07, 6.45) is 1.53. The predicted octanol–water partition coefficient (Wildman–Crippen LogP) is 6.46. The number of hydrazone groups is 1. The Kier molecular flexibility index (Phi) is 5.23. The van der Waals surface area contributed by atoms with E-state index in [0.717, 1.165) is 0 Å². The van der Waals surface area contributed by atoms with E-state index in [1.807, 2.05) is 0 Å². The second-order valence-corrected chi connectivity index (χ2v) is 6.93. The van der Waals surface area contributed by atoms with Gasteiger partial charge < -0.3 is 0 Å². The number of halogens is 5. The van der Waals surface area contributed by atoms with Crippen molar-refractivity contribution in [3.05, 3.63) is 47.5 Å². The Labute approximate surface area is 138 Å². The van der Waals surface area contributed by atoms with Gasteiger partial charge in [-0.3, -0.25) is 5.43 Å². The zero-order valence-corrected chi connectivity index (χ0v) is 13.7. The van der Waals surface area contributed by atoms with E-state index in [0.29, 0.717) is 35.0 Å². The normalized spacial score (nSPS) is 11.2. The van der Waals surface area contributed by atoms with Crippen LogP contribution >= 0.6 is 69.3 Å². The first-order valence-electron chi connectivity index (χ1n) is 4.86. The molecule has 0 aliphatic heterocycles. The van der Waals surface area contributed by atoms with E-state index >= 15 is 0 Å². The highest BCUT2D eigenvalue weighted by Crippen LogP contribution is 2.34. The minimum Gasteiger partial charge on any atom is -0.275 e. The van der Waals surface area contributed by atoms with Crippen molar-refractivity contribution >= 4 is 81.2 Å². The molecule has 0 saturated carbocycles. The van der Waals surface area contributed by atoms with Crippen LogP contribution in [-0.2, 0) is 0 Å². The van der Waals surface area contributed by atoms with Gasteiger partial charge in [0.15, 0.2) is 0 Å². The van der Waals surface area contributed by atoms with Crippen molar-refractivity contribution in [2.24, 2.45) is 5.10 Å². The minimum atomic E-state index is 0.379. The Morgan fingerprint density at radius 1 is 1.00 bits per heavy atom. The average molecular weight is 375 g/mol. The Hall–Kier alpha value is -0.160. The summed E-state index contributed by atoms with van der Waals surface area (Å²) in [5.41, 5.74) is 3.93. The Morgan fingerprint density at radius 3 is 2.16 bits per heavy atom. The maximum absolute atomic E-state index is 6.00. The molecule has 2 aromatic rings. The standard InChI is InChI=1S/C11H5Cl5N2S/c12-6-2-7(13)10(8(14)3-6)18-17-4-5-1-9(15)19-11(5)16/h1-4,18H/b17-4-. The highest BCUT2D eigenvalue weighted by atomic mass is 35.5. The summed E-state index contributed by atoms with van der Waals surface area (Å²) in [7, 11) is 0. The van der Waals surface area contributed by atoms with Gasteiger partial charge in [0, 0.05) is 10.6 Å². The topological polar surface area (TPSA) is 24.4 Å². The fraction of sp³-hybridized carbons (Fsp3) is 0. The van der Waals surface area contributed by atoms with Crippen molar-refractivity contribution < 1.29 is 0 Å². The van der Waals surface area contributed by atoms with E-state index in [2.05, 4.69) is 10.5 Å². The summed E-state index contributed by atoms with van der Waals surface area (Å²) in [5.74, 6) is 0. The molecule has 1 aromatic heterocycles. The number of hydrogen-bond donors (Lipinski definition) is 1. The lowest BCUT2D eigenvalue weighted by atomic mass is 10.3. The summed E-state index contributed by atoms with van der Waals surface area (Å²) < 4.78 is 1.15. The molecule has 100 valence electrons. The van der Waals surface area contributed by atoms with Gasteiger partial charge >= 0.3 is 0 Å². The molecule has 2 nitrogen and oxygen atoms in total. The molecule has 0 atom stereocenters. The highest BCUT2D eigenvalue weighted by Gasteiger charge is 2.07. The number of hydrogen-bond acceptors (Lipinski definition) is 3. The SMILES string of the molecule is Clc1cc(Cl)c(N/N=C\c2cc(Cl)sc2Cl)c(Cl)c1. The third-order valence-corrected chi connectivity index (χ3v) is 4.40. The fourth-order valence-electron chi connectivity index (χ4n) is 1.26. The van der Waals surface area contributed by atoms with Crippen molar-refractivity contribution in [1.82, 2.24) is 0 Å². The van der Waals surface area contributed by atoms with Crippen LogP contribution in [-0.4, -0.2) is 6.21 Å². The van der Waals surface area contributed by atoms with Crippen molar-refractivity contribution in [3.8, 4) is 0 Å². The molecule has 0 spiro atoms. The maximum atomic E-state index is 6.00. The Bertz CT molecular complexity index is 615. The van der Waals surface area contributed by atoms with Crippen molar-refractivity contribution in [1.29, 1.82) is 0 Å². The Morgan fingerprint density at radius 2 is 1.63 bits per heavy atom. The van der Waals surface area contributed by atoms with E-state index in [9.17, 15) is 0 Å². The molecule has 1 N–H and O–H groups in total. The number of nitrogens with one attached hydrogen (secondary N) is 1. The summed E-state index contributed by atoms with van der Waals surface area (Å²) in [5, 5.41) is 5.23. The van der Waals surface area contributed by atoms with E-state index in [-0.39, 0.29) is 0 Å². The third-order valence-electron chi connectivity index (χ3n) is 2.07. The first kappa shape index (κ1) is 15.2. The summed E-state index contributed by atoms with van der Waals surface area (Å²) in [4.78, 5) is 0. The van der Waals surface area contributed by atoms with Crippen LogP contribution in [0.25, 0.3) is 0 Å². The second kappa shape index (κ2) is 6.53. The number of benzene rings is 1. The lowest BCUT2D eigenvalue weighted by Gasteiger charge is -2.06. The number of nitrogens with zero attached hydrogens (tertiary/aromatic N) is 1. The van der Waals surface area contributed by atoms with Gasteiger partial charge in [0.1, 0.15) is 4.34 Å². The molecule has 0 radical (unpaired) electrons. The van der Waals surface area contributed by atoms with Crippen LogP contribution in [0.2, 0.25) is 23.7 Å². The quantitative estimate of drug-likeness (QED) is 0.484. The Balaban J connectivity index is 2.17. The van der Waals surface area contributed by atoms with E-state index < -0.39 is 0 Å². The van der Waals surface area contributed by atoms with Crippen molar-refractivity contribution in [2.75, 3.05) is 5.43 Å². The molecule has 19 heavy (non-hydrogen) atoms. The van der Waals surface area contributed by atoms with Crippen LogP contribution in [0.4, 0.5) is 5.69 Å². The highest BCUT2D eigenvalue weighted by molar-refractivity contribution is 7.20. The van der Waals surface area contributed by atoms with Crippen LogP contribution in [0.3, 0.4) is 0 Å². The van der Waals surface area contributed by atoms with Gasteiger partial charge in [0.25, 0.3) is 0 Å². The van der Waals surface area contributed by atoms with Gasteiger partial charge in [0.2, 0.25) is 0 Å². The van der Waals surface area contributed by atoms with E-state index in [4.69, 9.17) is 58.0 Å². The van der Waals surface area contributed by atoms with E-state index in [1.54, 1.807) is 18.2 Å². The third kappa shape index (κ3) is 3.91. The monoisotopic (exact) mass is 372 g/mol. The molecular weight excluding hydrogens is 369 g/mol. The number of thiophene rings is 1. The van der Waals surface area contributed by atoms with Gasteiger partial charge in [0.05, 0.1) is 26.3 Å². The summed E-state index contributed by atoms with van der Waals surface area (Å²) in [6.45, 7) is 0. The van der Waals surface area contributed by atoms with Crippen LogP contribution in [0, 0.1) is 0 Å². The number of anilines is 1. The molecular formula is C11H5Cl5N2S. The average Bonchev–Trinajstić information content (AvgIpc) is 2.61. The molecule has 0 amide bonds. The zero-order valence-electron chi connectivity index (χ0n) is 9.05. The van der Waals surface area contributed by atoms with Gasteiger partial charge in [-0.05, 0) is 18.2 Å². The molecule has 2 rings (SSSR count). The van der Waals surface area contributed by atoms with Crippen LogP contribution in [0.15, 0.2) is 23.3 Å². The summed E-state index contributed by atoms with van der Waals surface area (Å²) in [6, 6.07) is 4.85. The fourth-order valence-corrected chi connectivity index (χ4v) is 3.56. The molecule has 0 saturated heterocycles. The lowest BCUT2D eigenvalue weighted by Crippen LogP contribution is -1.92. The van der Waals surface area contributed by atoms with Gasteiger partial charge in [-0.1, -0.05) is 58.0 Å². The number of rotatable bonds is 3. The van der Waals surface area contributed by atoms with Crippen LogP contribution < -0.4 is 5.43 Å². The zero-order chi connectivity index (χ0) is 14.0. The molecule has 0 aliphatic rings. The van der Waals surface area contributed by atoms with Crippen LogP contribution in [0.1, 0.15) is 5.56 Å². The lowest BCUT2D eigenvalue weighted by molar-refractivity contribution is 1.35. The second-order valence-electron chi connectivity index (χ2n) is 3.39. The molecule has 1 heterocycles. The first-order chi connectivity index (χ1) is 8.97. The molecule has 0 unspecified atom stereocenters. The van der Waals surface area contributed by atoms with E-state index in [1.165, 1.54) is 17.6 Å². The predicted molar refractivity (Wildman–Crippen MR) is 87.0 cm³/mol. The molecule has 0 fully saturated rings.